The number of rotatable bonds is 2. The van der Waals surface area contributed by atoms with Crippen LogP contribution in [-0.4, -0.2) is 60.5 Å². The van der Waals surface area contributed by atoms with Crippen molar-refractivity contribution in [2.75, 3.05) is 0 Å². The molecule has 17 heavy (non-hydrogen) atoms. The maximum Gasteiger partial charge on any atom is 3.00 e. The van der Waals surface area contributed by atoms with Crippen LogP contribution in [-0.2, 0) is 21.9 Å². The van der Waals surface area contributed by atoms with Crippen molar-refractivity contribution in [3.05, 3.63) is 10.1 Å². The van der Waals surface area contributed by atoms with E-state index in [-0.39, 0.29) is 72.5 Å². The summed E-state index contributed by atoms with van der Waals surface area (Å²) >= 11 is 0. The van der Waals surface area contributed by atoms with Gasteiger partial charge in [-0.1, -0.05) is 0 Å². The summed E-state index contributed by atoms with van der Waals surface area (Å²) in [6, 6.07) is 0. The predicted octanol–water partition coefficient (Wildman–Crippen LogP) is -6.82. The summed E-state index contributed by atoms with van der Waals surface area (Å²) in [6.45, 7) is 3.20. The van der Waals surface area contributed by atoms with E-state index in [0.717, 1.165) is 0 Å². The van der Waals surface area contributed by atoms with Gasteiger partial charge in [0.2, 0.25) is 0 Å². The Morgan fingerprint density at radius 2 is 1.00 bits per heavy atom. The molecule has 14 heteroatoms. The number of nitrogens with zero attached hydrogens (tertiary/aromatic N) is 1. The van der Waals surface area contributed by atoms with E-state index < -0.39 is 5.09 Å². The van der Waals surface area contributed by atoms with Crippen molar-refractivity contribution < 1.29 is 76.3 Å². The minimum Gasteiger partial charge on any atom is -0.412 e. The van der Waals surface area contributed by atoms with Gasteiger partial charge in [0.15, 0.2) is 0 Å². The molecule has 18 N–H and O–H groups in total. The molecule has 0 bridgehead atoms. The molecule has 0 unspecified atom stereocenters. The zero-order chi connectivity index (χ0) is 5.86. The number of hydrogen-bond donors (Lipinski definition) is 0. The molecule has 0 aliphatic carbocycles. The molecule has 1 radical (unpaired) electrons. The molecular formula is C3H25FeNO12+3. The maximum absolute atomic E-state index is 9.39. The van der Waals surface area contributed by atoms with E-state index in [4.69, 9.17) is 0 Å². The molecule has 119 valence electrons. The van der Waals surface area contributed by atoms with E-state index in [9.17, 15) is 10.1 Å². The molecule has 0 rings (SSSR count). The summed E-state index contributed by atoms with van der Waals surface area (Å²) in [5.41, 5.74) is 0. The van der Waals surface area contributed by atoms with Gasteiger partial charge in [0.05, 0.1) is 0 Å². The Bertz CT molecular complexity index is 82.2. The summed E-state index contributed by atoms with van der Waals surface area (Å²) in [4.78, 5) is 13.4. The zero-order valence-corrected chi connectivity index (χ0v) is 10.2. The largest absolute Gasteiger partial charge is 3.00 e. The molecule has 0 heterocycles. The minimum absolute atomic E-state index is 0. The first-order valence-corrected chi connectivity index (χ1v) is 1.94. The van der Waals surface area contributed by atoms with Crippen LogP contribution in [0.2, 0.25) is 0 Å². The van der Waals surface area contributed by atoms with Crippen LogP contribution in [0, 0.1) is 10.1 Å². The molecule has 0 aromatic rings. The van der Waals surface area contributed by atoms with E-state index in [1.54, 1.807) is 13.8 Å². The Morgan fingerprint density at radius 1 is 0.824 bits per heavy atom. The fraction of sp³-hybridized carbons (Fsp3) is 1.00. The fourth-order valence-electron chi connectivity index (χ4n) is 0.172. The van der Waals surface area contributed by atoms with Crippen LogP contribution in [0.4, 0.5) is 0 Å². The Hall–Kier alpha value is -0.641. The molecule has 0 aliphatic heterocycles. The third kappa shape index (κ3) is 243. The molecule has 0 saturated carbocycles. The molecule has 0 fully saturated rings. The van der Waals surface area contributed by atoms with Crippen LogP contribution in [0.5, 0.6) is 0 Å². The molecule has 0 saturated heterocycles. The molecular weight excluding hydrogens is 298 g/mol. The van der Waals surface area contributed by atoms with E-state index in [1.165, 1.54) is 0 Å². The average molecular weight is 323 g/mol. The molecule has 0 amide bonds. The van der Waals surface area contributed by atoms with Crippen molar-refractivity contribution in [2.45, 2.75) is 20.0 Å². The van der Waals surface area contributed by atoms with Crippen LogP contribution in [0.25, 0.3) is 0 Å². The molecule has 0 aromatic heterocycles. The summed E-state index contributed by atoms with van der Waals surface area (Å²) in [6.07, 6.45) is -0.324. The third-order valence-corrected chi connectivity index (χ3v) is 0.297. The van der Waals surface area contributed by atoms with Crippen LogP contribution in [0.15, 0.2) is 0 Å². The van der Waals surface area contributed by atoms with Gasteiger partial charge >= 0.3 is 17.1 Å². The van der Waals surface area contributed by atoms with E-state index in [2.05, 4.69) is 4.84 Å². The summed E-state index contributed by atoms with van der Waals surface area (Å²) in [5, 5.41) is 8.59. The molecule has 13 nitrogen and oxygen atoms in total. The Labute approximate surface area is 107 Å². The second-order valence-electron chi connectivity index (χ2n) is 1.38. The van der Waals surface area contributed by atoms with Gasteiger partial charge in [0, 0.05) is 0 Å². The molecule has 0 aliphatic rings. The Kier molecular flexibility index (Phi) is 619. The van der Waals surface area contributed by atoms with Crippen LogP contribution < -0.4 is 0 Å². The van der Waals surface area contributed by atoms with Crippen LogP contribution in [0.3, 0.4) is 0 Å². The third-order valence-electron chi connectivity index (χ3n) is 0.297. The summed E-state index contributed by atoms with van der Waals surface area (Å²) in [5.74, 6) is 0. The SMILES string of the molecule is CC(C)O[N+](=O)[O-].O.O.O.O.O.O.O.O.O.[Fe+3]. The van der Waals surface area contributed by atoms with E-state index in [1.807, 2.05) is 0 Å². The van der Waals surface area contributed by atoms with E-state index >= 15 is 0 Å². The normalized spacial score (nSPS) is 3.71. The van der Waals surface area contributed by atoms with Crippen molar-refractivity contribution in [3.63, 3.8) is 0 Å². The van der Waals surface area contributed by atoms with Gasteiger partial charge in [-0.05, 0) is 13.8 Å². The zero-order valence-electron chi connectivity index (χ0n) is 9.10. The Morgan fingerprint density at radius 3 is 1.00 bits per heavy atom. The first-order valence-electron chi connectivity index (χ1n) is 1.94. The van der Waals surface area contributed by atoms with Gasteiger partial charge in [-0.3, -0.25) is 0 Å². The van der Waals surface area contributed by atoms with Gasteiger partial charge < -0.3 is 54.1 Å². The first kappa shape index (κ1) is 134. The van der Waals surface area contributed by atoms with Gasteiger partial charge in [-0.25, -0.2) is 0 Å². The minimum atomic E-state index is -0.801. The molecule has 0 aromatic carbocycles. The van der Waals surface area contributed by atoms with Gasteiger partial charge in [-0.2, -0.15) is 0 Å². The van der Waals surface area contributed by atoms with Gasteiger partial charge in [-0.15, -0.1) is 10.1 Å². The smallest absolute Gasteiger partial charge is 0.412 e. The summed E-state index contributed by atoms with van der Waals surface area (Å²) < 4.78 is 0. The fourth-order valence-corrected chi connectivity index (χ4v) is 0.172. The first-order chi connectivity index (χ1) is 3.13. The predicted molar refractivity (Wildman–Crippen MR) is 55.7 cm³/mol. The van der Waals surface area contributed by atoms with Gasteiger partial charge in [0.25, 0.3) is 5.09 Å². The van der Waals surface area contributed by atoms with Gasteiger partial charge in [0.1, 0.15) is 6.10 Å². The van der Waals surface area contributed by atoms with Crippen LogP contribution in [0.1, 0.15) is 13.8 Å². The summed E-state index contributed by atoms with van der Waals surface area (Å²) in [7, 11) is 0. The van der Waals surface area contributed by atoms with Crippen molar-refractivity contribution in [1.82, 2.24) is 0 Å². The van der Waals surface area contributed by atoms with E-state index in [0.29, 0.717) is 0 Å². The second-order valence-corrected chi connectivity index (χ2v) is 1.38. The molecule has 0 spiro atoms. The standard InChI is InChI=1S/C3H7NO3.Fe.9H2O/c1-3(2)7-4(5)6;;;;;;;;;;/h3H,1-2H3;;9*1H2/q;+3;;;;;;;;;. The maximum atomic E-state index is 9.39. The molecule has 0 atom stereocenters. The topological polar surface area (TPSA) is 336 Å². The monoisotopic (exact) mass is 323 g/mol. The van der Waals surface area contributed by atoms with Crippen LogP contribution >= 0.6 is 0 Å². The van der Waals surface area contributed by atoms with Crippen molar-refractivity contribution in [1.29, 1.82) is 0 Å². The second kappa shape index (κ2) is 78.3. The quantitative estimate of drug-likeness (QED) is 0.271. The van der Waals surface area contributed by atoms with Crippen molar-refractivity contribution in [3.8, 4) is 0 Å². The average Bonchev–Trinajstić information content (AvgIpc) is 1.27. The number of hydrogen-bond acceptors (Lipinski definition) is 3. The Balaban J connectivity index is -0.00000000400. The van der Waals surface area contributed by atoms with Crippen molar-refractivity contribution >= 4 is 0 Å². The van der Waals surface area contributed by atoms with Crippen molar-refractivity contribution in [2.24, 2.45) is 0 Å².